The van der Waals surface area contributed by atoms with Crippen LogP contribution >= 0.6 is 0 Å². The van der Waals surface area contributed by atoms with E-state index in [9.17, 15) is 4.79 Å². The van der Waals surface area contributed by atoms with Crippen molar-refractivity contribution in [2.45, 2.75) is 45.3 Å². The standard InChI is InChI=1S/C11H18O3/c1-7-4-3-5-9(8(7)2)14-11(12)10-6-13-10/h7-10H,3-6H2,1-2H3. The number of rotatable bonds is 2. The largest absolute Gasteiger partial charge is 0.460 e. The molecule has 0 bridgehead atoms. The Morgan fingerprint density at radius 3 is 2.71 bits per heavy atom. The minimum absolute atomic E-state index is 0.121. The van der Waals surface area contributed by atoms with E-state index in [2.05, 4.69) is 13.8 Å². The SMILES string of the molecule is CC1CCCC(OC(=O)C2CO2)C1C. The molecule has 0 spiro atoms. The van der Waals surface area contributed by atoms with Crippen LogP contribution in [-0.4, -0.2) is 24.8 Å². The lowest BCUT2D eigenvalue weighted by molar-refractivity contribution is -0.156. The van der Waals surface area contributed by atoms with E-state index in [1.807, 2.05) is 0 Å². The Morgan fingerprint density at radius 2 is 2.07 bits per heavy atom. The van der Waals surface area contributed by atoms with Gasteiger partial charge in [-0.1, -0.05) is 20.3 Å². The second kappa shape index (κ2) is 3.89. The third kappa shape index (κ3) is 2.08. The fourth-order valence-electron chi connectivity index (χ4n) is 2.11. The molecule has 0 aromatic carbocycles. The minimum Gasteiger partial charge on any atom is -0.460 e. The molecule has 2 aliphatic rings. The van der Waals surface area contributed by atoms with Crippen molar-refractivity contribution in [3.8, 4) is 0 Å². The number of ether oxygens (including phenoxy) is 2. The summed E-state index contributed by atoms with van der Waals surface area (Å²) >= 11 is 0. The van der Waals surface area contributed by atoms with Crippen molar-refractivity contribution in [3.05, 3.63) is 0 Å². The average molecular weight is 198 g/mol. The van der Waals surface area contributed by atoms with Crippen LogP contribution < -0.4 is 0 Å². The second-order valence-corrected chi connectivity index (χ2v) is 4.56. The Bertz CT molecular complexity index is 223. The number of carbonyl (C=O) groups excluding carboxylic acids is 1. The third-order valence-corrected chi connectivity index (χ3v) is 3.50. The molecular formula is C11H18O3. The van der Waals surface area contributed by atoms with Gasteiger partial charge in [-0.05, 0) is 24.7 Å². The lowest BCUT2D eigenvalue weighted by Gasteiger charge is -2.33. The maximum atomic E-state index is 11.4. The fraction of sp³-hybridized carbons (Fsp3) is 0.909. The summed E-state index contributed by atoms with van der Waals surface area (Å²) in [7, 11) is 0. The number of esters is 1. The predicted molar refractivity (Wildman–Crippen MR) is 51.8 cm³/mol. The van der Waals surface area contributed by atoms with Gasteiger partial charge in [0.05, 0.1) is 6.61 Å². The van der Waals surface area contributed by atoms with E-state index in [0.717, 1.165) is 6.42 Å². The molecule has 4 atom stereocenters. The molecule has 1 saturated carbocycles. The highest BCUT2D eigenvalue weighted by molar-refractivity contribution is 5.77. The molecule has 14 heavy (non-hydrogen) atoms. The van der Waals surface area contributed by atoms with Crippen LogP contribution in [0.4, 0.5) is 0 Å². The molecule has 80 valence electrons. The van der Waals surface area contributed by atoms with Crippen molar-refractivity contribution in [1.29, 1.82) is 0 Å². The topological polar surface area (TPSA) is 38.8 Å². The molecule has 4 unspecified atom stereocenters. The van der Waals surface area contributed by atoms with Gasteiger partial charge >= 0.3 is 5.97 Å². The van der Waals surface area contributed by atoms with E-state index in [-0.39, 0.29) is 18.2 Å². The Kier molecular flexibility index (Phi) is 2.77. The van der Waals surface area contributed by atoms with E-state index in [0.29, 0.717) is 18.4 Å². The Balaban J connectivity index is 1.85. The second-order valence-electron chi connectivity index (χ2n) is 4.56. The first-order valence-electron chi connectivity index (χ1n) is 5.50. The van der Waals surface area contributed by atoms with Gasteiger partial charge in [-0.3, -0.25) is 0 Å². The Morgan fingerprint density at radius 1 is 1.36 bits per heavy atom. The molecule has 1 aliphatic carbocycles. The van der Waals surface area contributed by atoms with Gasteiger partial charge in [-0.2, -0.15) is 0 Å². The summed E-state index contributed by atoms with van der Waals surface area (Å²) in [5, 5.41) is 0. The molecule has 1 saturated heterocycles. The van der Waals surface area contributed by atoms with Crippen LogP contribution in [0, 0.1) is 11.8 Å². The van der Waals surface area contributed by atoms with Crippen LogP contribution in [0.5, 0.6) is 0 Å². The minimum atomic E-state index is -0.251. The molecular weight excluding hydrogens is 180 g/mol. The zero-order valence-corrected chi connectivity index (χ0v) is 8.86. The van der Waals surface area contributed by atoms with Crippen molar-refractivity contribution in [1.82, 2.24) is 0 Å². The quantitative estimate of drug-likeness (QED) is 0.501. The lowest BCUT2D eigenvalue weighted by atomic mass is 9.79. The van der Waals surface area contributed by atoms with Crippen molar-refractivity contribution in [2.24, 2.45) is 11.8 Å². The van der Waals surface area contributed by atoms with Crippen molar-refractivity contribution in [3.63, 3.8) is 0 Å². The highest BCUT2D eigenvalue weighted by Crippen LogP contribution is 2.32. The summed E-state index contributed by atoms with van der Waals surface area (Å²) in [6.45, 7) is 4.96. The van der Waals surface area contributed by atoms with Gasteiger partial charge in [0, 0.05) is 0 Å². The summed E-state index contributed by atoms with van der Waals surface area (Å²) in [5.74, 6) is 1.00. The first-order valence-corrected chi connectivity index (χ1v) is 5.50. The van der Waals surface area contributed by atoms with Crippen LogP contribution in [0.3, 0.4) is 0 Å². The molecule has 3 heteroatoms. The maximum absolute atomic E-state index is 11.4. The van der Waals surface area contributed by atoms with Gasteiger partial charge in [0.1, 0.15) is 6.10 Å². The number of carbonyl (C=O) groups is 1. The fourth-order valence-corrected chi connectivity index (χ4v) is 2.11. The molecule has 1 heterocycles. The highest BCUT2D eigenvalue weighted by atomic mass is 16.6. The van der Waals surface area contributed by atoms with Gasteiger partial charge in [-0.25, -0.2) is 4.79 Å². The summed E-state index contributed by atoms with van der Waals surface area (Å²) in [5.41, 5.74) is 0. The van der Waals surface area contributed by atoms with Crippen LogP contribution in [0.2, 0.25) is 0 Å². The Labute approximate surface area is 84.8 Å². The molecule has 0 N–H and O–H groups in total. The third-order valence-electron chi connectivity index (χ3n) is 3.50. The first-order chi connectivity index (χ1) is 6.68. The molecule has 2 fully saturated rings. The predicted octanol–water partition coefficient (Wildman–Crippen LogP) is 1.75. The zero-order chi connectivity index (χ0) is 10.1. The molecule has 1 aliphatic heterocycles. The number of epoxide rings is 1. The van der Waals surface area contributed by atoms with Gasteiger partial charge in [-0.15, -0.1) is 0 Å². The van der Waals surface area contributed by atoms with Crippen molar-refractivity contribution < 1.29 is 14.3 Å². The molecule has 3 nitrogen and oxygen atoms in total. The summed E-state index contributed by atoms with van der Waals surface area (Å²) in [6.07, 6.45) is 3.32. The Hall–Kier alpha value is -0.570. The van der Waals surface area contributed by atoms with Crippen molar-refractivity contribution >= 4 is 5.97 Å². The smallest absolute Gasteiger partial charge is 0.337 e. The van der Waals surface area contributed by atoms with Crippen LogP contribution in [0.15, 0.2) is 0 Å². The maximum Gasteiger partial charge on any atom is 0.337 e. The average Bonchev–Trinajstić information content (AvgIpc) is 2.95. The van der Waals surface area contributed by atoms with E-state index in [4.69, 9.17) is 9.47 Å². The van der Waals surface area contributed by atoms with Crippen LogP contribution in [0.1, 0.15) is 33.1 Å². The summed E-state index contributed by atoms with van der Waals surface area (Å²) in [6, 6.07) is 0. The van der Waals surface area contributed by atoms with Crippen LogP contribution in [-0.2, 0) is 14.3 Å². The lowest BCUT2D eigenvalue weighted by Crippen LogP contribution is -2.34. The first kappa shape index (κ1) is 9.97. The molecule has 0 amide bonds. The molecule has 0 aromatic rings. The normalized spacial score (nSPS) is 41.9. The summed E-state index contributed by atoms with van der Waals surface area (Å²) < 4.78 is 10.3. The molecule has 0 aromatic heterocycles. The highest BCUT2D eigenvalue weighted by Gasteiger charge is 2.37. The van der Waals surface area contributed by atoms with E-state index < -0.39 is 0 Å². The number of hydrogen-bond donors (Lipinski definition) is 0. The molecule has 2 rings (SSSR count). The van der Waals surface area contributed by atoms with E-state index in [1.165, 1.54) is 12.8 Å². The zero-order valence-electron chi connectivity index (χ0n) is 8.86. The van der Waals surface area contributed by atoms with Gasteiger partial charge in [0.25, 0.3) is 0 Å². The van der Waals surface area contributed by atoms with Crippen molar-refractivity contribution in [2.75, 3.05) is 6.61 Å². The summed E-state index contributed by atoms with van der Waals surface area (Å²) in [4.78, 5) is 11.4. The van der Waals surface area contributed by atoms with Gasteiger partial charge < -0.3 is 9.47 Å². The van der Waals surface area contributed by atoms with Crippen LogP contribution in [0.25, 0.3) is 0 Å². The molecule has 0 radical (unpaired) electrons. The number of hydrogen-bond acceptors (Lipinski definition) is 3. The van der Waals surface area contributed by atoms with E-state index >= 15 is 0 Å². The monoisotopic (exact) mass is 198 g/mol. The van der Waals surface area contributed by atoms with Gasteiger partial charge in [0.2, 0.25) is 0 Å². The van der Waals surface area contributed by atoms with Gasteiger partial charge in [0.15, 0.2) is 6.10 Å². The van der Waals surface area contributed by atoms with E-state index in [1.54, 1.807) is 0 Å².